The molecule has 0 atom stereocenters. The zero-order valence-corrected chi connectivity index (χ0v) is 26.1. The van der Waals surface area contributed by atoms with Crippen molar-refractivity contribution < 1.29 is 28.2 Å². The molecule has 3 aromatic heterocycles. The van der Waals surface area contributed by atoms with E-state index in [1.807, 2.05) is 37.2 Å². The Kier molecular flexibility index (Phi) is 8.19. The molecule has 2 aliphatic rings. The number of hydrogen-bond donors (Lipinski definition) is 1. The molecule has 12 heteroatoms. The number of carbonyl (C=O) groups excluding carboxylic acids is 2. The van der Waals surface area contributed by atoms with Crippen molar-refractivity contribution in [3.8, 4) is 17.0 Å². The van der Waals surface area contributed by atoms with E-state index in [1.54, 1.807) is 43.6 Å². The van der Waals surface area contributed by atoms with E-state index in [-0.39, 0.29) is 12.6 Å². The van der Waals surface area contributed by atoms with Gasteiger partial charge < -0.3 is 24.4 Å². The fourth-order valence-electron chi connectivity index (χ4n) is 5.57. The maximum absolute atomic E-state index is 13.9. The van der Waals surface area contributed by atoms with Crippen molar-refractivity contribution in [1.29, 1.82) is 0 Å². The summed E-state index contributed by atoms with van der Waals surface area (Å²) < 4.78 is 33.0. The van der Waals surface area contributed by atoms with Crippen molar-refractivity contribution in [3.63, 3.8) is 0 Å². The van der Waals surface area contributed by atoms with Gasteiger partial charge in [-0.2, -0.15) is 0 Å². The Morgan fingerprint density at radius 2 is 1.93 bits per heavy atom. The highest BCUT2D eigenvalue weighted by molar-refractivity contribution is 6.11. The summed E-state index contributed by atoms with van der Waals surface area (Å²) in [6.45, 7) is 7.14. The molecule has 11 nitrogen and oxygen atoms in total. The Hall–Kier alpha value is -4.55. The first kappa shape index (κ1) is 30.5. The van der Waals surface area contributed by atoms with Crippen LogP contribution in [0.2, 0.25) is 0 Å². The summed E-state index contributed by atoms with van der Waals surface area (Å²) in [5, 5.41) is 3.33. The maximum atomic E-state index is 13.9. The van der Waals surface area contributed by atoms with Crippen molar-refractivity contribution in [2.75, 3.05) is 32.6 Å². The van der Waals surface area contributed by atoms with Crippen LogP contribution in [0.25, 0.3) is 16.9 Å². The van der Waals surface area contributed by atoms with E-state index in [0.717, 1.165) is 23.4 Å². The second kappa shape index (κ2) is 12.1. The van der Waals surface area contributed by atoms with Crippen LogP contribution in [0.1, 0.15) is 55.2 Å². The number of imide groups is 1. The normalized spacial score (nSPS) is 15.5. The highest BCUT2D eigenvalue weighted by atomic mass is 19.1. The lowest BCUT2D eigenvalue weighted by molar-refractivity contribution is 0.0242. The Labute approximate surface area is 260 Å². The summed E-state index contributed by atoms with van der Waals surface area (Å²) in [4.78, 5) is 39.4. The molecule has 0 spiro atoms. The van der Waals surface area contributed by atoms with Gasteiger partial charge in [0.05, 0.1) is 48.6 Å². The predicted octanol–water partition coefficient (Wildman–Crippen LogP) is 5.79. The number of hydrogen-bond acceptors (Lipinski definition) is 9. The maximum Gasteiger partial charge on any atom is 0.417 e. The van der Waals surface area contributed by atoms with Crippen molar-refractivity contribution >= 4 is 29.2 Å². The Bertz CT molecular complexity index is 1760. The average Bonchev–Trinajstić information content (AvgIpc) is 3.55. The van der Waals surface area contributed by atoms with Gasteiger partial charge in [0, 0.05) is 37.2 Å². The van der Waals surface area contributed by atoms with Crippen molar-refractivity contribution in [2.24, 2.45) is 0 Å². The minimum atomic E-state index is -0.789. The first-order valence-electron chi connectivity index (χ1n) is 15.0. The molecule has 1 N–H and O–H groups in total. The zero-order valence-electron chi connectivity index (χ0n) is 26.1. The van der Waals surface area contributed by atoms with E-state index in [2.05, 4.69) is 10.3 Å². The van der Waals surface area contributed by atoms with E-state index < -0.39 is 23.4 Å². The van der Waals surface area contributed by atoms with E-state index in [4.69, 9.17) is 19.2 Å². The molecule has 2 amide bonds. The topological polar surface area (TPSA) is 111 Å². The predicted molar refractivity (Wildman–Crippen MR) is 166 cm³/mol. The number of fused-ring (bicyclic) bond motifs is 2. The SMILES string of the molecule is CN(C)Cc1nc(Nc2ccc(-c3cnc4cc(F)ccn34)c3c2C(=O)N(C(=O)OC(C)(C)C)C3)ccc1OC1CCOCC1. The Balaban J connectivity index is 1.38. The van der Waals surface area contributed by atoms with Gasteiger partial charge in [0.15, 0.2) is 0 Å². The van der Waals surface area contributed by atoms with E-state index in [0.29, 0.717) is 65.0 Å². The largest absolute Gasteiger partial charge is 0.488 e. The minimum absolute atomic E-state index is 0.000447. The van der Waals surface area contributed by atoms with E-state index >= 15 is 0 Å². The van der Waals surface area contributed by atoms with Crippen LogP contribution in [-0.2, 0) is 22.6 Å². The Morgan fingerprint density at radius 1 is 1.16 bits per heavy atom. The standard InChI is InChI=1S/C33H37FN6O5/c1-33(2,3)45-32(42)40-18-23-22(26-17-35-29-16-20(34)10-13-39(26)29)6-7-24(30(23)31(40)41)36-28-9-8-27(25(37-28)19-38(4)5)44-21-11-14-43-15-12-21/h6-10,13,16-17,21H,11-12,14-15,18-19H2,1-5H3,(H,36,37). The molecule has 0 aliphatic carbocycles. The van der Waals surface area contributed by atoms with E-state index in [9.17, 15) is 14.0 Å². The zero-order chi connectivity index (χ0) is 31.9. The number of rotatable bonds is 7. The smallest absolute Gasteiger partial charge is 0.417 e. The number of aromatic nitrogens is 3. The fraction of sp³-hybridized carbons (Fsp3) is 0.394. The first-order chi connectivity index (χ1) is 21.5. The third-order valence-corrected chi connectivity index (χ3v) is 7.58. The third kappa shape index (κ3) is 6.47. The minimum Gasteiger partial charge on any atom is -0.488 e. The van der Waals surface area contributed by atoms with E-state index in [1.165, 1.54) is 12.1 Å². The van der Waals surface area contributed by atoms with Gasteiger partial charge in [-0.25, -0.2) is 24.1 Å². The number of pyridine rings is 2. The quantitative estimate of drug-likeness (QED) is 0.276. The first-order valence-corrected chi connectivity index (χ1v) is 15.0. The van der Waals surface area contributed by atoms with Crippen LogP contribution >= 0.6 is 0 Å². The molecule has 0 saturated carbocycles. The van der Waals surface area contributed by atoms with Gasteiger partial charge in [-0.3, -0.25) is 9.20 Å². The van der Waals surface area contributed by atoms with Gasteiger partial charge in [-0.15, -0.1) is 0 Å². The molecule has 1 saturated heterocycles. The number of nitrogens with zero attached hydrogens (tertiary/aromatic N) is 5. The number of ether oxygens (including phenoxy) is 3. The average molecular weight is 617 g/mol. The number of anilines is 2. The van der Waals surface area contributed by atoms with Gasteiger partial charge in [0.1, 0.15) is 34.7 Å². The molecule has 0 bridgehead atoms. The van der Waals surface area contributed by atoms with Gasteiger partial charge in [0.2, 0.25) is 0 Å². The fourth-order valence-corrected chi connectivity index (χ4v) is 5.57. The number of benzene rings is 1. The second-order valence-corrected chi connectivity index (χ2v) is 12.5. The lowest BCUT2D eigenvalue weighted by atomic mass is 9.99. The molecule has 236 valence electrons. The highest BCUT2D eigenvalue weighted by Gasteiger charge is 2.39. The molecule has 5 heterocycles. The van der Waals surface area contributed by atoms with Crippen molar-refractivity contribution in [1.82, 2.24) is 24.2 Å². The number of halogens is 1. The van der Waals surface area contributed by atoms with Crippen LogP contribution in [0, 0.1) is 5.82 Å². The summed E-state index contributed by atoms with van der Waals surface area (Å²) in [7, 11) is 3.92. The number of imidazole rings is 1. The molecule has 1 fully saturated rings. The third-order valence-electron chi connectivity index (χ3n) is 7.58. The summed E-state index contributed by atoms with van der Waals surface area (Å²) in [5.74, 6) is 0.338. The molecule has 4 aromatic rings. The van der Waals surface area contributed by atoms with Gasteiger partial charge in [-0.1, -0.05) is 6.07 Å². The van der Waals surface area contributed by atoms with Gasteiger partial charge in [-0.05, 0) is 64.7 Å². The second-order valence-electron chi connectivity index (χ2n) is 12.5. The van der Waals surface area contributed by atoms with Crippen LogP contribution in [-0.4, -0.2) is 75.2 Å². The molecule has 1 aromatic carbocycles. The lowest BCUT2D eigenvalue weighted by Crippen LogP contribution is -2.37. The Morgan fingerprint density at radius 3 is 2.67 bits per heavy atom. The molecular formula is C33H37FN6O5. The summed E-state index contributed by atoms with van der Waals surface area (Å²) in [6, 6.07) is 10.0. The molecule has 0 unspecified atom stereocenters. The van der Waals surface area contributed by atoms with Crippen LogP contribution in [0.3, 0.4) is 0 Å². The van der Waals surface area contributed by atoms with Crippen LogP contribution < -0.4 is 10.1 Å². The molecule has 0 radical (unpaired) electrons. The monoisotopic (exact) mass is 616 g/mol. The molecule has 6 rings (SSSR count). The van der Waals surface area contributed by atoms with Crippen LogP contribution in [0.4, 0.5) is 20.7 Å². The van der Waals surface area contributed by atoms with Gasteiger partial charge in [0.25, 0.3) is 5.91 Å². The van der Waals surface area contributed by atoms with Crippen molar-refractivity contribution in [3.05, 3.63) is 71.4 Å². The summed E-state index contributed by atoms with van der Waals surface area (Å²) >= 11 is 0. The lowest BCUT2D eigenvalue weighted by Gasteiger charge is -2.25. The molecule has 2 aliphatic heterocycles. The number of carbonyl (C=O) groups is 2. The summed E-state index contributed by atoms with van der Waals surface area (Å²) in [5.41, 5.74) is 3.18. The number of nitrogens with one attached hydrogen (secondary N) is 1. The van der Waals surface area contributed by atoms with Crippen LogP contribution in [0.15, 0.2) is 48.8 Å². The van der Waals surface area contributed by atoms with Crippen molar-refractivity contribution in [2.45, 2.75) is 58.4 Å². The molecule has 45 heavy (non-hydrogen) atoms. The van der Waals surface area contributed by atoms with Crippen LogP contribution in [0.5, 0.6) is 5.75 Å². The summed E-state index contributed by atoms with van der Waals surface area (Å²) in [6.07, 6.45) is 4.18. The number of amides is 2. The van der Waals surface area contributed by atoms with Gasteiger partial charge >= 0.3 is 6.09 Å². The molecular weight excluding hydrogens is 579 g/mol. The highest BCUT2D eigenvalue weighted by Crippen LogP contribution is 2.39.